The number of fused-ring (bicyclic) bond motifs is 2. The summed E-state index contributed by atoms with van der Waals surface area (Å²) in [6.45, 7) is 6.07. The van der Waals surface area contributed by atoms with Crippen LogP contribution in [0, 0.1) is 0 Å². The first kappa shape index (κ1) is 19.8. The minimum absolute atomic E-state index is 0.0261. The second-order valence-corrected chi connectivity index (χ2v) is 7.36. The Morgan fingerprint density at radius 1 is 0.966 bits per heavy atom. The SMILES string of the molecule is CCCCN1CCN(C2=Nc3ccccc3Oc3cccc(C(F)(F)F)c32)CC1. The van der Waals surface area contributed by atoms with Gasteiger partial charge in [0.05, 0.1) is 11.1 Å². The van der Waals surface area contributed by atoms with Gasteiger partial charge in [-0.1, -0.05) is 31.5 Å². The summed E-state index contributed by atoms with van der Waals surface area (Å²) in [6, 6.07) is 11.2. The van der Waals surface area contributed by atoms with Gasteiger partial charge in [-0.05, 0) is 37.2 Å². The summed E-state index contributed by atoms with van der Waals surface area (Å²) in [5.74, 6) is 0.995. The van der Waals surface area contributed by atoms with E-state index in [4.69, 9.17) is 4.74 Å². The maximum Gasteiger partial charge on any atom is 0.417 e. The highest BCUT2D eigenvalue weighted by molar-refractivity contribution is 6.05. The molecular weight excluding hydrogens is 379 g/mol. The normalized spacial score (nSPS) is 17.1. The first-order valence-corrected chi connectivity index (χ1v) is 10.0. The second kappa shape index (κ2) is 8.06. The molecule has 0 aliphatic carbocycles. The van der Waals surface area contributed by atoms with Crippen molar-refractivity contribution in [1.82, 2.24) is 9.80 Å². The lowest BCUT2D eigenvalue weighted by Gasteiger charge is -2.37. The minimum Gasteiger partial charge on any atom is -0.454 e. The van der Waals surface area contributed by atoms with Gasteiger partial charge in [0, 0.05) is 26.2 Å². The first-order chi connectivity index (χ1) is 14.0. The fraction of sp³-hybridized carbons (Fsp3) is 0.409. The molecule has 2 aromatic carbocycles. The highest BCUT2D eigenvalue weighted by Gasteiger charge is 2.38. The predicted molar refractivity (Wildman–Crippen MR) is 107 cm³/mol. The van der Waals surface area contributed by atoms with Gasteiger partial charge in [-0.3, -0.25) is 4.90 Å². The molecule has 0 amide bonds. The van der Waals surface area contributed by atoms with E-state index in [2.05, 4.69) is 16.8 Å². The van der Waals surface area contributed by atoms with Crippen molar-refractivity contribution in [3.63, 3.8) is 0 Å². The van der Waals surface area contributed by atoms with E-state index in [1.54, 1.807) is 24.3 Å². The number of para-hydroxylation sites is 2. The molecule has 2 aliphatic rings. The minimum atomic E-state index is -4.49. The number of unbranched alkanes of at least 4 members (excludes halogenated alkanes) is 1. The molecule has 4 nitrogen and oxygen atoms in total. The molecule has 0 bridgehead atoms. The van der Waals surface area contributed by atoms with Gasteiger partial charge in [-0.2, -0.15) is 13.2 Å². The molecular formula is C22H24F3N3O. The van der Waals surface area contributed by atoms with Crippen molar-refractivity contribution in [3.8, 4) is 11.5 Å². The molecule has 4 rings (SSSR count). The Bertz CT molecular complexity index is 902. The average Bonchev–Trinajstić information content (AvgIpc) is 2.88. The smallest absolute Gasteiger partial charge is 0.417 e. The van der Waals surface area contributed by atoms with Crippen LogP contribution < -0.4 is 4.74 Å². The van der Waals surface area contributed by atoms with Gasteiger partial charge in [0.1, 0.15) is 17.3 Å². The molecule has 0 N–H and O–H groups in total. The van der Waals surface area contributed by atoms with Crippen LogP contribution in [0.3, 0.4) is 0 Å². The number of alkyl halides is 3. The fourth-order valence-electron chi connectivity index (χ4n) is 3.80. The number of halogens is 3. The summed E-state index contributed by atoms with van der Waals surface area (Å²) in [5, 5.41) is 0. The number of hydrogen-bond acceptors (Lipinski definition) is 4. The fourth-order valence-corrected chi connectivity index (χ4v) is 3.80. The van der Waals surface area contributed by atoms with Crippen molar-refractivity contribution in [2.75, 3.05) is 32.7 Å². The zero-order chi connectivity index (χ0) is 20.4. The highest BCUT2D eigenvalue weighted by Crippen LogP contribution is 2.43. The van der Waals surface area contributed by atoms with Gasteiger partial charge in [0.15, 0.2) is 5.75 Å². The molecule has 154 valence electrons. The Morgan fingerprint density at radius 2 is 1.69 bits per heavy atom. The molecule has 2 aliphatic heterocycles. The van der Waals surface area contributed by atoms with Crippen LogP contribution in [-0.2, 0) is 6.18 Å². The zero-order valence-electron chi connectivity index (χ0n) is 16.4. The average molecular weight is 403 g/mol. The van der Waals surface area contributed by atoms with Crippen molar-refractivity contribution < 1.29 is 17.9 Å². The van der Waals surface area contributed by atoms with Crippen molar-refractivity contribution in [2.45, 2.75) is 25.9 Å². The van der Waals surface area contributed by atoms with E-state index in [1.165, 1.54) is 6.07 Å². The predicted octanol–water partition coefficient (Wildman–Crippen LogP) is 5.31. The van der Waals surface area contributed by atoms with Crippen LogP contribution in [0.2, 0.25) is 0 Å². The van der Waals surface area contributed by atoms with E-state index < -0.39 is 11.7 Å². The van der Waals surface area contributed by atoms with Crippen LogP contribution in [0.1, 0.15) is 30.9 Å². The van der Waals surface area contributed by atoms with Gasteiger partial charge < -0.3 is 9.64 Å². The largest absolute Gasteiger partial charge is 0.454 e. The quantitative estimate of drug-likeness (QED) is 0.696. The summed E-state index contributed by atoms with van der Waals surface area (Å²) in [7, 11) is 0. The Kier molecular flexibility index (Phi) is 5.50. The maximum absolute atomic E-state index is 13.8. The lowest BCUT2D eigenvalue weighted by molar-refractivity contribution is -0.137. The molecule has 2 aromatic rings. The number of benzene rings is 2. The molecule has 0 radical (unpaired) electrons. The number of ether oxygens (including phenoxy) is 1. The van der Waals surface area contributed by atoms with Gasteiger partial charge in [0.25, 0.3) is 0 Å². The number of amidine groups is 1. The maximum atomic E-state index is 13.8. The van der Waals surface area contributed by atoms with Gasteiger partial charge in [0.2, 0.25) is 0 Å². The lowest BCUT2D eigenvalue weighted by Crippen LogP contribution is -2.49. The molecule has 0 saturated carbocycles. The number of aliphatic imine (C=N–C) groups is 1. The van der Waals surface area contributed by atoms with Gasteiger partial charge in [-0.25, -0.2) is 4.99 Å². The van der Waals surface area contributed by atoms with Crippen LogP contribution >= 0.6 is 0 Å². The van der Waals surface area contributed by atoms with E-state index in [-0.39, 0.29) is 11.3 Å². The number of piperazine rings is 1. The monoisotopic (exact) mass is 403 g/mol. The van der Waals surface area contributed by atoms with E-state index in [9.17, 15) is 13.2 Å². The molecule has 0 atom stereocenters. The summed E-state index contributed by atoms with van der Waals surface area (Å²) in [5.41, 5.74) is -0.145. The molecule has 0 aromatic heterocycles. The molecule has 1 saturated heterocycles. The van der Waals surface area contributed by atoms with Crippen LogP contribution in [-0.4, -0.2) is 48.4 Å². The van der Waals surface area contributed by atoms with Crippen LogP contribution in [0.25, 0.3) is 0 Å². The van der Waals surface area contributed by atoms with Crippen LogP contribution in [0.4, 0.5) is 18.9 Å². The summed E-state index contributed by atoms with van der Waals surface area (Å²) in [4.78, 5) is 8.98. The lowest BCUT2D eigenvalue weighted by atomic mass is 10.0. The van der Waals surface area contributed by atoms with E-state index in [1.807, 2.05) is 11.0 Å². The summed E-state index contributed by atoms with van der Waals surface area (Å²) >= 11 is 0. The van der Waals surface area contributed by atoms with Crippen LogP contribution in [0.5, 0.6) is 11.5 Å². The van der Waals surface area contributed by atoms with E-state index in [0.717, 1.165) is 38.5 Å². The number of nitrogens with zero attached hydrogens (tertiary/aromatic N) is 3. The third-order valence-corrected chi connectivity index (χ3v) is 5.37. The van der Waals surface area contributed by atoms with Gasteiger partial charge in [-0.15, -0.1) is 0 Å². The molecule has 7 heteroatoms. The van der Waals surface area contributed by atoms with Crippen molar-refractivity contribution in [1.29, 1.82) is 0 Å². The Labute approximate surface area is 168 Å². The Morgan fingerprint density at radius 3 is 2.41 bits per heavy atom. The van der Waals surface area contributed by atoms with Crippen LogP contribution in [0.15, 0.2) is 47.5 Å². The highest BCUT2D eigenvalue weighted by atomic mass is 19.4. The second-order valence-electron chi connectivity index (χ2n) is 7.36. The Hall–Kier alpha value is -2.54. The summed E-state index contributed by atoms with van der Waals surface area (Å²) in [6.07, 6.45) is -2.23. The van der Waals surface area contributed by atoms with E-state index >= 15 is 0 Å². The van der Waals surface area contributed by atoms with Gasteiger partial charge >= 0.3 is 6.18 Å². The molecule has 1 fully saturated rings. The standard InChI is InChI=1S/C22H24F3N3O/c1-2-3-11-27-12-14-28(15-13-27)21-20-16(22(23,24)25)7-6-10-19(20)29-18-9-5-4-8-17(18)26-21/h4-10H,2-3,11-15H2,1H3. The molecule has 2 heterocycles. The zero-order valence-corrected chi connectivity index (χ0v) is 16.4. The third-order valence-electron chi connectivity index (χ3n) is 5.37. The topological polar surface area (TPSA) is 28.1 Å². The van der Waals surface area contributed by atoms with Crippen molar-refractivity contribution in [3.05, 3.63) is 53.6 Å². The van der Waals surface area contributed by atoms with Crippen molar-refractivity contribution >= 4 is 11.5 Å². The molecule has 0 unspecified atom stereocenters. The first-order valence-electron chi connectivity index (χ1n) is 10.0. The van der Waals surface area contributed by atoms with Crippen molar-refractivity contribution in [2.24, 2.45) is 4.99 Å². The number of hydrogen-bond donors (Lipinski definition) is 0. The van der Waals surface area contributed by atoms with E-state index in [0.29, 0.717) is 30.4 Å². The number of rotatable bonds is 3. The Balaban J connectivity index is 1.75. The third kappa shape index (κ3) is 4.10. The summed E-state index contributed by atoms with van der Waals surface area (Å²) < 4.78 is 47.4. The molecule has 29 heavy (non-hydrogen) atoms. The molecule has 0 spiro atoms.